The minimum absolute atomic E-state index is 0.0628. The van der Waals surface area contributed by atoms with Gasteiger partial charge in [-0.1, -0.05) is 19.9 Å². The molecule has 2 N–H and O–H groups in total. The van der Waals surface area contributed by atoms with E-state index in [1.807, 2.05) is 29.0 Å². The molecule has 114 valence electrons. The summed E-state index contributed by atoms with van der Waals surface area (Å²) in [5.74, 6) is 1.17. The maximum Gasteiger partial charge on any atom is 0.261 e. The Bertz CT molecular complexity index is 642. The van der Waals surface area contributed by atoms with E-state index in [1.54, 1.807) is 0 Å². The summed E-state index contributed by atoms with van der Waals surface area (Å²) >= 11 is 6.67. The van der Waals surface area contributed by atoms with Crippen LogP contribution in [0.3, 0.4) is 0 Å². The lowest BCUT2D eigenvalue weighted by Gasteiger charge is -2.20. The fourth-order valence-corrected chi connectivity index (χ4v) is 3.13. The summed E-state index contributed by atoms with van der Waals surface area (Å²) in [7, 11) is 0. The number of carbonyl (C=O) groups excluding carboxylic acids is 1. The highest BCUT2D eigenvalue weighted by molar-refractivity contribution is 7.71. The molecule has 0 aliphatic heterocycles. The lowest BCUT2D eigenvalue weighted by molar-refractivity contribution is 0.0933. The predicted molar refractivity (Wildman–Crippen MR) is 87.1 cm³/mol. The smallest absolute Gasteiger partial charge is 0.261 e. The van der Waals surface area contributed by atoms with Crippen molar-refractivity contribution in [2.75, 3.05) is 0 Å². The fraction of sp³-hybridized carbons (Fsp3) is 0.500. The van der Waals surface area contributed by atoms with Gasteiger partial charge in [0.15, 0.2) is 10.6 Å². The second-order valence-corrected chi connectivity index (χ2v) is 6.60. The zero-order valence-corrected chi connectivity index (χ0v) is 14.1. The standard InChI is InChI=1S/C14H20N4OS2/c1-4-18-12(16-17-14(18)20)10(8-9(2)3)15-13(19)11-6-5-7-21-11/h5-7,9-10H,4,8H2,1-3H3,(H,15,19)(H,17,20)/t10-/m1/s1. The van der Waals surface area contributed by atoms with Gasteiger partial charge >= 0.3 is 0 Å². The number of thiophene rings is 1. The summed E-state index contributed by atoms with van der Waals surface area (Å²) in [6.45, 7) is 7.00. The fourth-order valence-electron chi connectivity index (χ4n) is 2.24. The molecular formula is C14H20N4OS2. The third-order valence-electron chi connectivity index (χ3n) is 3.17. The first-order valence-corrected chi connectivity index (χ1v) is 8.31. The van der Waals surface area contributed by atoms with Crippen molar-refractivity contribution in [3.63, 3.8) is 0 Å². The molecule has 2 heterocycles. The minimum Gasteiger partial charge on any atom is -0.341 e. The van der Waals surface area contributed by atoms with E-state index < -0.39 is 0 Å². The van der Waals surface area contributed by atoms with E-state index in [0.717, 1.165) is 18.8 Å². The number of aromatic amines is 1. The molecule has 7 heteroatoms. The average molecular weight is 324 g/mol. The van der Waals surface area contributed by atoms with Crippen molar-refractivity contribution in [1.29, 1.82) is 0 Å². The van der Waals surface area contributed by atoms with Crippen LogP contribution in [0.1, 0.15) is 48.7 Å². The van der Waals surface area contributed by atoms with E-state index in [4.69, 9.17) is 12.2 Å². The summed E-state index contributed by atoms with van der Waals surface area (Å²) in [6.07, 6.45) is 0.816. The Kier molecular flexibility index (Phi) is 5.30. The van der Waals surface area contributed by atoms with Crippen LogP contribution in [0.5, 0.6) is 0 Å². The molecule has 0 fully saturated rings. The molecule has 0 saturated heterocycles. The van der Waals surface area contributed by atoms with Crippen molar-refractivity contribution in [2.45, 2.75) is 39.8 Å². The highest BCUT2D eigenvalue weighted by Gasteiger charge is 2.22. The highest BCUT2D eigenvalue weighted by atomic mass is 32.1. The van der Waals surface area contributed by atoms with Crippen molar-refractivity contribution in [3.05, 3.63) is 33.0 Å². The Balaban J connectivity index is 2.26. The van der Waals surface area contributed by atoms with E-state index in [9.17, 15) is 4.79 Å². The average Bonchev–Trinajstić information content (AvgIpc) is 3.06. The first-order valence-electron chi connectivity index (χ1n) is 7.02. The lowest BCUT2D eigenvalue weighted by atomic mass is 10.0. The molecule has 0 aliphatic carbocycles. The van der Waals surface area contributed by atoms with Crippen LogP contribution in [0.4, 0.5) is 0 Å². The topological polar surface area (TPSA) is 62.7 Å². The predicted octanol–water partition coefficient (Wildman–Crippen LogP) is 3.54. The number of hydrogen-bond donors (Lipinski definition) is 2. The van der Waals surface area contributed by atoms with Crippen molar-refractivity contribution < 1.29 is 4.79 Å². The second-order valence-electron chi connectivity index (χ2n) is 5.26. The third-order valence-corrected chi connectivity index (χ3v) is 4.35. The first-order chi connectivity index (χ1) is 10.0. The van der Waals surface area contributed by atoms with Crippen LogP contribution in [0.2, 0.25) is 0 Å². The summed E-state index contributed by atoms with van der Waals surface area (Å²) in [5, 5.41) is 12.1. The van der Waals surface area contributed by atoms with Crippen LogP contribution < -0.4 is 5.32 Å². The Morgan fingerprint density at radius 1 is 1.57 bits per heavy atom. The Morgan fingerprint density at radius 2 is 2.33 bits per heavy atom. The summed E-state index contributed by atoms with van der Waals surface area (Å²) < 4.78 is 2.52. The van der Waals surface area contributed by atoms with Crippen molar-refractivity contribution >= 4 is 29.5 Å². The number of aromatic nitrogens is 3. The van der Waals surface area contributed by atoms with Gasteiger partial charge in [0.2, 0.25) is 0 Å². The van der Waals surface area contributed by atoms with Gasteiger partial charge in [-0.05, 0) is 42.9 Å². The van der Waals surface area contributed by atoms with Crippen LogP contribution in [0.25, 0.3) is 0 Å². The van der Waals surface area contributed by atoms with Crippen molar-refractivity contribution in [2.24, 2.45) is 5.92 Å². The molecule has 0 aromatic carbocycles. The molecular weight excluding hydrogens is 304 g/mol. The molecule has 1 amide bonds. The molecule has 0 saturated carbocycles. The molecule has 21 heavy (non-hydrogen) atoms. The third kappa shape index (κ3) is 3.79. The van der Waals surface area contributed by atoms with Crippen LogP contribution in [0.15, 0.2) is 17.5 Å². The SMILES string of the molecule is CCn1c([C@@H](CC(C)C)NC(=O)c2cccs2)n[nH]c1=S. The number of carbonyl (C=O) groups is 1. The number of rotatable bonds is 6. The molecule has 0 unspecified atom stereocenters. The molecule has 5 nitrogen and oxygen atoms in total. The zero-order chi connectivity index (χ0) is 15.4. The molecule has 0 bridgehead atoms. The maximum atomic E-state index is 12.3. The van der Waals surface area contributed by atoms with E-state index in [2.05, 4.69) is 29.4 Å². The van der Waals surface area contributed by atoms with Crippen molar-refractivity contribution in [3.8, 4) is 0 Å². The molecule has 1 atom stereocenters. The lowest BCUT2D eigenvalue weighted by Crippen LogP contribution is -2.31. The first kappa shape index (κ1) is 15.9. The highest BCUT2D eigenvalue weighted by Crippen LogP contribution is 2.21. The number of nitrogens with zero attached hydrogens (tertiary/aromatic N) is 2. The van der Waals surface area contributed by atoms with E-state index in [-0.39, 0.29) is 11.9 Å². The second kappa shape index (κ2) is 7.00. The van der Waals surface area contributed by atoms with Crippen molar-refractivity contribution in [1.82, 2.24) is 20.1 Å². The molecule has 0 radical (unpaired) electrons. The summed E-state index contributed by atoms with van der Waals surface area (Å²) in [4.78, 5) is 13.0. The molecule has 2 aromatic rings. The van der Waals surface area contributed by atoms with Crippen LogP contribution in [-0.2, 0) is 6.54 Å². The number of H-pyrrole nitrogens is 1. The van der Waals surface area contributed by atoms with Gasteiger partial charge in [0, 0.05) is 6.54 Å². The molecule has 0 spiro atoms. The van der Waals surface area contributed by atoms with Gasteiger partial charge in [0.05, 0.1) is 10.9 Å². The van der Waals surface area contributed by atoms with Gasteiger partial charge in [0.1, 0.15) is 0 Å². The van der Waals surface area contributed by atoms with Crippen LogP contribution >= 0.6 is 23.6 Å². The van der Waals surface area contributed by atoms with Gasteiger partial charge in [-0.2, -0.15) is 5.10 Å². The quantitative estimate of drug-likeness (QED) is 0.799. The molecule has 2 aromatic heterocycles. The zero-order valence-electron chi connectivity index (χ0n) is 12.4. The van der Waals surface area contributed by atoms with Crippen LogP contribution in [0, 0.1) is 10.7 Å². The van der Waals surface area contributed by atoms with Gasteiger partial charge in [0.25, 0.3) is 5.91 Å². The minimum atomic E-state index is -0.146. The Morgan fingerprint density at radius 3 is 2.90 bits per heavy atom. The van der Waals surface area contributed by atoms with Gasteiger partial charge in [-0.25, -0.2) is 0 Å². The molecule has 0 aliphatic rings. The number of nitrogens with one attached hydrogen (secondary N) is 2. The van der Waals surface area contributed by atoms with Gasteiger partial charge in [-0.15, -0.1) is 11.3 Å². The summed E-state index contributed by atoms with van der Waals surface area (Å²) in [6, 6.07) is 3.55. The van der Waals surface area contributed by atoms with Gasteiger partial charge in [-0.3, -0.25) is 9.89 Å². The monoisotopic (exact) mass is 324 g/mol. The van der Waals surface area contributed by atoms with E-state index in [1.165, 1.54) is 11.3 Å². The Labute approximate surface area is 133 Å². The summed E-state index contributed by atoms with van der Waals surface area (Å²) in [5.41, 5.74) is 0. The number of amides is 1. The molecule has 2 rings (SSSR count). The number of hydrogen-bond acceptors (Lipinski definition) is 4. The normalized spacial score (nSPS) is 12.6. The van der Waals surface area contributed by atoms with E-state index in [0.29, 0.717) is 15.6 Å². The van der Waals surface area contributed by atoms with E-state index >= 15 is 0 Å². The van der Waals surface area contributed by atoms with Gasteiger partial charge < -0.3 is 9.88 Å². The Hall–Kier alpha value is -1.47. The maximum absolute atomic E-state index is 12.3. The van der Waals surface area contributed by atoms with Crippen LogP contribution in [-0.4, -0.2) is 20.7 Å². The largest absolute Gasteiger partial charge is 0.341 e.